The lowest BCUT2D eigenvalue weighted by Crippen LogP contribution is -2.39. The third-order valence-electron chi connectivity index (χ3n) is 3.67. The van der Waals surface area contributed by atoms with E-state index < -0.39 is 0 Å². The maximum Gasteiger partial charge on any atom is 0.246 e. The minimum absolute atomic E-state index is 0. The summed E-state index contributed by atoms with van der Waals surface area (Å²) in [4.78, 5) is 18.5. The average Bonchev–Trinajstić information content (AvgIpc) is 2.61. The van der Waals surface area contributed by atoms with Crippen molar-refractivity contribution in [2.45, 2.75) is 20.4 Å². The number of aliphatic imine (C=N–C) groups is 1. The van der Waals surface area contributed by atoms with Crippen molar-refractivity contribution in [3.63, 3.8) is 0 Å². The summed E-state index contributed by atoms with van der Waals surface area (Å²) in [5, 5.41) is 6.07. The van der Waals surface area contributed by atoms with E-state index in [2.05, 4.69) is 46.8 Å². The Hall–Kier alpha value is -2.09. The van der Waals surface area contributed by atoms with Crippen LogP contribution in [0.15, 0.2) is 59.6 Å². The Bertz CT molecular complexity index is 702. The zero-order valence-electron chi connectivity index (χ0n) is 15.5. The van der Waals surface area contributed by atoms with E-state index in [1.54, 1.807) is 0 Å². The molecule has 0 fully saturated rings. The molecule has 0 atom stereocenters. The molecule has 0 aliphatic heterocycles. The van der Waals surface area contributed by atoms with Crippen molar-refractivity contribution in [2.75, 3.05) is 25.5 Å². The maximum absolute atomic E-state index is 12.1. The number of benzene rings is 2. The third kappa shape index (κ3) is 7.43. The quantitative estimate of drug-likeness (QED) is 0.388. The van der Waals surface area contributed by atoms with Crippen LogP contribution in [0.3, 0.4) is 0 Å². The molecular formula is C20H27IN4O. The van der Waals surface area contributed by atoms with Crippen LogP contribution in [0, 0.1) is 6.92 Å². The summed E-state index contributed by atoms with van der Waals surface area (Å²) in [6.07, 6.45) is 0. The Labute approximate surface area is 172 Å². The summed E-state index contributed by atoms with van der Waals surface area (Å²) in [6.45, 7) is 5.64. The topological polar surface area (TPSA) is 56.7 Å². The van der Waals surface area contributed by atoms with Crippen molar-refractivity contribution in [3.05, 3.63) is 65.7 Å². The number of nitrogens with zero attached hydrogens (tertiary/aromatic N) is 2. The van der Waals surface area contributed by atoms with E-state index in [4.69, 9.17) is 0 Å². The van der Waals surface area contributed by atoms with Gasteiger partial charge in [-0.15, -0.1) is 24.0 Å². The molecule has 0 aliphatic rings. The predicted octanol–water partition coefficient (Wildman–Crippen LogP) is 3.65. The Kier molecular flexibility index (Phi) is 9.72. The van der Waals surface area contributed by atoms with Crippen molar-refractivity contribution < 1.29 is 4.79 Å². The van der Waals surface area contributed by atoms with Gasteiger partial charge in [0.25, 0.3) is 0 Å². The summed E-state index contributed by atoms with van der Waals surface area (Å²) < 4.78 is 0. The molecule has 2 N–H and O–H groups in total. The summed E-state index contributed by atoms with van der Waals surface area (Å²) in [5.41, 5.74) is 3.22. The SMILES string of the molecule is CCNC(=NCC(=O)Nc1ccccc1)N(C)Cc1ccc(C)cc1.I. The van der Waals surface area contributed by atoms with Gasteiger partial charge in [-0.3, -0.25) is 4.79 Å². The molecule has 6 heteroatoms. The smallest absolute Gasteiger partial charge is 0.246 e. The summed E-state index contributed by atoms with van der Waals surface area (Å²) in [5.74, 6) is 0.580. The normalized spacial score (nSPS) is 10.7. The average molecular weight is 466 g/mol. The van der Waals surface area contributed by atoms with Gasteiger partial charge in [0.15, 0.2) is 5.96 Å². The lowest BCUT2D eigenvalue weighted by Gasteiger charge is -2.22. The summed E-state index contributed by atoms with van der Waals surface area (Å²) >= 11 is 0. The van der Waals surface area contributed by atoms with Crippen LogP contribution >= 0.6 is 24.0 Å². The number of carbonyl (C=O) groups excluding carboxylic acids is 1. The zero-order valence-corrected chi connectivity index (χ0v) is 17.9. The van der Waals surface area contributed by atoms with E-state index in [0.29, 0.717) is 5.96 Å². The van der Waals surface area contributed by atoms with Crippen LogP contribution in [-0.4, -0.2) is 36.9 Å². The molecule has 5 nitrogen and oxygen atoms in total. The Morgan fingerprint density at radius 2 is 1.73 bits per heavy atom. The Morgan fingerprint density at radius 1 is 1.08 bits per heavy atom. The van der Waals surface area contributed by atoms with Crippen molar-refractivity contribution in [2.24, 2.45) is 4.99 Å². The molecule has 0 unspecified atom stereocenters. The van der Waals surface area contributed by atoms with Gasteiger partial charge in [-0.1, -0.05) is 48.0 Å². The molecule has 0 spiro atoms. The molecule has 0 aliphatic carbocycles. The highest BCUT2D eigenvalue weighted by molar-refractivity contribution is 14.0. The number of guanidine groups is 1. The fourth-order valence-electron chi connectivity index (χ4n) is 2.38. The van der Waals surface area contributed by atoms with Crippen molar-refractivity contribution in [3.8, 4) is 0 Å². The first-order valence-corrected chi connectivity index (χ1v) is 8.48. The fraction of sp³-hybridized carbons (Fsp3) is 0.300. The van der Waals surface area contributed by atoms with Crippen LogP contribution in [0.1, 0.15) is 18.1 Å². The van der Waals surface area contributed by atoms with Gasteiger partial charge in [-0.25, -0.2) is 4.99 Å². The highest BCUT2D eigenvalue weighted by Crippen LogP contribution is 2.07. The van der Waals surface area contributed by atoms with Gasteiger partial charge in [-0.05, 0) is 31.5 Å². The molecule has 0 radical (unpaired) electrons. The van der Waals surface area contributed by atoms with Crippen LogP contribution < -0.4 is 10.6 Å². The number of hydrogen-bond donors (Lipinski definition) is 2. The number of nitrogens with one attached hydrogen (secondary N) is 2. The fourth-order valence-corrected chi connectivity index (χ4v) is 2.38. The Morgan fingerprint density at radius 3 is 2.35 bits per heavy atom. The minimum Gasteiger partial charge on any atom is -0.357 e. The molecular weight excluding hydrogens is 439 g/mol. The van der Waals surface area contributed by atoms with Crippen LogP contribution in [0.4, 0.5) is 5.69 Å². The van der Waals surface area contributed by atoms with Crippen molar-refractivity contribution >= 4 is 41.5 Å². The van der Waals surface area contributed by atoms with Gasteiger partial charge in [0, 0.05) is 25.8 Å². The molecule has 0 saturated heterocycles. The lowest BCUT2D eigenvalue weighted by atomic mass is 10.1. The highest BCUT2D eigenvalue weighted by atomic mass is 127. The van der Waals surface area contributed by atoms with Crippen molar-refractivity contribution in [1.29, 1.82) is 0 Å². The van der Waals surface area contributed by atoms with Crippen LogP contribution in [0.2, 0.25) is 0 Å². The molecule has 2 aromatic carbocycles. The molecule has 0 aromatic heterocycles. The number of para-hydroxylation sites is 1. The van der Waals surface area contributed by atoms with E-state index in [-0.39, 0.29) is 36.4 Å². The van der Waals surface area contributed by atoms with E-state index in [1.807, 2.05) is 49.2 Å². The van der Waals surface area contributed by atoms with Crippen molar-refractivity contribution in [1.82, 2.24) is 10.2 Å². The monoisotopic (exact) mass is 466 g/mol. The number of carbonyl (C=O) groups is 1. The molecule has 2 rings (SSSR count). The lowest BCUT2D eigenvalue weighted by molar-refractivity contribution is -0.114. The molecule has 0 bridgehead atoms. The number of anilines is 1. The molecule has 2 aromatic rings. The predicted molar refractivity (Wildman–Crippen MR) is 119 cm³/mol. The highest BCUT2D eigenvalue weighted by Gasteiger charge is 2.08. The minimum atomic E-state index is -0.134. The van der Waals surface area contributed by atoms with E-state index >= 15 is 0 Å². The largest absolute Gasteiger partial charge is 0.357 e. The molecule has 140 valence electrons. The van der Waals surface area contributed by atoms with Gasteiger partial charge in [0.1, 0.15) is 6.54 Å². The standard InChI is InChI=1S/C20H26N4O.HI/c1-4-21-20(24(3)15-17-12-10-16(2)11-13-17)22-14-19(25)23-18-8-6-5-7-9-18;/h5-13H,4,14-15H2,1-3H3,(H,21,22)(H,23,25);1H. The number of aryl methyl sites for hydroxylation is 1. The Balaban J connectivity index is 0.00000338. The summed E-state index contributed by atoms with van der Waals surface area (Å²) in [6, 6.07) is 17.8. The maximum atomic E-state index is 12.1. The number of halogens is 1. The van der Waals surface area contributed by atoms with Gasteiger partial charge >= 0.3 is 0 Å². The molecule has 26 heavy (non-hydrogen) atoms. The van der Waals surface area contributed by atoms with Crippen LogP contribution in [-0.2, 0) is 11.3 Å². The van der Waals surface area contributed by atoms with Gasteiger partial charge < -0.3 is 15.5 Å². The van der Waals surface area contributed by atoms with Crippen LogP contribution in [0.25, 0.3) is 0 Å². The first-order chi connectivity index (χ1) is 12.1. The van der Waals surface area contributed by atoms with E-state index in [0.717, 1.165) is 18.8 Å². The van der Waals surface area contributed by atoms with E-state index in [9.17, 15) is 4.79 Å². The van der Waals surface area contributed by atoms with Gasteiger partial charge in [-0.2, -0.15) is 0 Å². The first-order valence-electron chi connectivity index (χ1n) is 8.48. The second-order valence-corrected chi connectivity index (χ2v) is 5.93. The number of amides is 1. The molecule has 1 amide bonds. The van der Waals surface area contributed by atoms with Gasteiger partial charge in [0.05, 0.1) is 0 Å². The second kappa shape index (κ2) is 11.5. The number of hydrogen-bond acceptors (Lipinski definition) is 2. The van der Waals surface area contributed by atoms with Crippen LogP contribution in [0.5, 0.6) is 0 Å². The second-order valence-electron chi connectivity index (χ2n) is 5.93. The third-order valence-corrected chi connectivity index (χ3v) is 3.67. The molecule has 0 heterocycles. The van der Waals surface area contributed by atoms with E-state index in [1.165, 1.54) is 11.1 Å². The summed E-state index contributed by atoms with van der Waals surface area (Å²) in [7, 11) is 1.97. The number of rotatable bonds is 6. The first kappa shape index (κ1) is 22.0. The van der Waals surface area contributed by atoms with Gasteiger partial charge in [0.2, 0.25) is 5.91 Å². The zero-order chi connectivity index (χ0) is 18.1. The molecule has 0 saturated carbocycles.